The average molecular weight is 521 g/mol. The molecule has 1 unspecified atom stereocenters. The zero-order valence-electron chi connectivity index (χ0n) is 19.6. The molecule has 0 radical (unpaired) electrons. The van der Waals surface area contributed by atoms with Gasteiger partial charge in [0.05, 0.1) is 41.6 Å². The molecule has 1 fully saturated rings. The highest BCUT2D eigenvalue weighted by molar-refractivity contribution is 7.22. The Hall–Kier alpha value is -3.88. The molecule has 182 valence electrons. The first-order valence-electron chi connectivity index (χ1n) is 11.0. The second kappa shape index (κ2) is 9.29. The topological polar surface area (TPSA) is 89.0 Å². The lowest BCUT2D eigenvalue weighted by Gasteiger charge is -2.23. The van der Waals surface area contributed by atoms with Gasteiger partial charge in [0.2, 0.25) is 0 Å². The van der Waals surface area contributed by atoms with Gasteiger partial charge in [-0.3, -0.25) is 14.5 Å². The molecule has 1 aliphatic heterocycles. The predicted molar refractivity (Wildman–Crippen MR) is 140 cm³/mol. The summed E-state index contributed by atoms with van der Waals surface area (Å²) in [7, 11) is 3.02. The van der Waals surface area contributed by atoms with Gasteiger partial charge in [-0.2, -0.15) is 0 Å². The number of aliphatic hydroxyl groups is 1. The summed E-state index contributed by atoms with van der Waals surface area (Å²) in [6.07, 6.45) is 0. The van der Waals surface area contributed by atoms with E-state index in [1.807, 2.05) is 37.3 Å². The third kappa shape index (κ3) is 3.98. The smallest absolute Gasteiger partial charge is 0.301 e. The standard InChI is InChI=1S/C27H21ClN2O5S/c1-14-5-4-6-15(11-14)23-22(24(31)18-12-16(28)7-10-20(18)35-3)25(32)26(33)30(23)27-29-19-9-8-17(34-2)13-21(19)36-27/h4-13,23,31H,1-3H3/b24-22+. The normalized spacial score (nSPS) is 17.1. The number of halogens is 1. The van der Waals surface area contributed by atoms with Gasteiger partial charge < -0.3 is 14.6 Å². The first kappa shape index (κ1) is 23.8. The molecule has 0 aliphatic carbocycles. The lowest BCUT2D eigenvalue weighted by molar-refractivity contribution is -0.132. The Kier molecular flexibility index (Phi) is 6.15. The highest BCUT2D eigenvalue weighted by atomic mass is 35.5. The number of amides is 1. The number of nitrogens with zero attached hydrogens (tertiary/aromatic N) is 2. The van der Waals surface area contributed by atoms with Crippen LogP contribution in [0.15, 0.2) is 66.2 Å². The summed E-state index contributed by atoms with van der Waals surface area (Å²) in [6.45, 7) is 1.92. The highest BCUT2D eigenvalue weighted by Gasteiger charge is 2.48. The van der Waals surface area contributed by atoms with Gasteiger partial charge in [0.15, 0.2) is 5.13 Å². The fourth-order valence-corrected chi connectivity index (χ4v) is 5.51. The number of ketones is 1. The Morgan fingerprint density at radius 3 is 2.58 bits per heavy atom. The quantitative estimate of drug-likeness (QED) is 0.200. The van der Waals surface area contributed by atoms with Crippen molar-refractivity contribution in [3.05, 3.63) is 87.9 Å². The molecule has 1 saturated heterocycles. The maximum Gasteiger partial charge on any atom is 0.301 e. The van der Waals surface area contributed by atoms with Crippen molar-refractivity contribution in [1.29, 1.82) is 0 Å². The zero-order valence-corrected chi connectivity index (χ0v) is 21.2. The van der Waals surface area contributed by atoms with Crippen molar-refractivity contribution < 1.29 is 24.2 Å². The summed E-state index contributed by atoms with van der Waals surface area (Å²) in [4.78, 5) is 32.9. The fraction of sp³-hybridized carbons (Fsp3) is 0.148. The van der Waals surface area contributed by atoms with Crippen LogP contribution in [0.2, 0.25) is 5.02 Å². The molecule has 1 atom stereocenters. The number of carbonyl (C=O) groups excluding carboxylic acids is 2. The number of fused-ring (bicyclic) bond motifs is 1. The number of Topliss-reactive ketones (excluding diaryl/α,β-unsaturated/α-hetero) is 1. The number of carbonyl (C=O) groups is 2. The van der Waals surface area contributed by atoms with Crippen molar-refractivity contribution in [2.24, 2.45) is 0 Å². The SMILES string of the molecule is COc1ccc2nc(N3C(=O)C(=O)/C(=C(/O)c4cc(Cl)ccc4OC)C3c3cccc(C)c3)sc2c1. The number of methoxy groups -OCH3 is 2. The summed E-state index contributed by atoms with van der Waals surface area (Å²) in [5.74, 6) is -1.00. The lowest BCUT2D eigenvalue weighted by Crippen LogP contribution is -2.29. The molecular formula is C27H21ClN2O5S. The van der Waals surface area contributed by atoms with Crippen LogP contribution in [0.3, 0.4) is 0 Å². The summed E-state index contributed by atoms with van der Waals surface area (Å²) in [5, 5.41) is 12.1. The van der Waals surface area contributed by atoms with Crippen LogP contribution in [0.1, 0.15) is 22.7 Å². The Balaban J connectivity index is 1.75. The number of aromatic nitrogens is 1. The van der Waals surface area contributed by atoms with Gasteiger partial charge in [-0.1, -0.05) is 52.8 Å². The molecule has 1 aliphatic rings. The molecule has 9 heteroatoms. The van der Waals surface area contributed by atoms with Gasteiger partial charge in [-0.05, 0) is 48.9 Å². The number of hydrogen-bond acceptors (Lipinski definition) is 7. The molecule has 1 N–H and O–H groups in total. The van der Waals surface area contributed by atoms with Crippen LogP contribution in [0.4, 0.5) is 5.13 Å². The van der Waals surface area contributed by atoms with E-state index < -0.39 is 17.7 Å². The molecule has 3 aromatic carbocycles. The van der Waals surface area contributed by atoms with E-state index in [1.165, 1.54) is 29.4 Å². The molecule has 7 nitrogen and oxygen atoms in total. The maximum atomic E-state index is 13.5. The number of thiazole rings is 1. The number of rotatable bonds is 5. The van der Waals surface area contributed by atoms with Crippen LogP contribution in [0.25, 0.3) is 16.0 Å². The minimum atomic E-state index is -0.906. The molecule has 36 heavy (non-hydrogen) atoms. The monoisotopic (exact) mass is 520 g/mol. The number of aryl methyl sites for hydroxylation is 1. The van der Waals surface area contributed by atoms with Crippen LogP contribution < -0.4 is 14.4 Å². The molecule has 0 spiro atoms. The molecule has 4 aromatic rings. The van der Waals surface area contributed by atoms with Gasteiger partial charge >= 0.3 is 5.91 Å². The highest BCUT2D eigenvalue weighted by Crippen LogP contribution is 2.45. The zero-order chi connectivity index (χ0) is 25.6. The fourth-order valence-electron chi connectivity index (χ4n) is 4.32. The van der Waals surface area contributed by atoms with E-state index in [-0.39, 0.29) is 16.9 Å². The van der Waals surface area contributed by atoms with Crippen LogP contribution in [-0.2, 0) is 9.59 Å². The van der Waals surface area contributed by atoms with Crippen LogP contribution in [0, 0.1) is 6.92 Å². The number of aliphatic hydroxyl groups excluding tert-OH is 1. The van der Waals surface area contributed by atoms with Crippen molar-refractivity contribution >= 4 is 55.7 Å². The first-order valence-corrected chi connectivity index (χ1v) is 12.2. The number of benzene rings is 3. The Morgan fingerprint density at radius 2 is 1.86 bits per heavy atom. The van der Waals surface area contributed by atoms with Gasteiger partial charge in [0.25, 0.3) is 5.78 Å². The number of hydrogen-bond donors (Lipinski definition) is 1. The summed E-state index contributed by atoms with van der Waals surface area (Å²) >= 11 is 7.45. The van der Waals surface area contributed by atoms with Crippen molar-refractivity contribution in [2.45, 2.75) is 13.0 Å². The van der Waals surface area contributed by atoms with Gasteiger partial charge in [-0.15, -0.1) is 0 Å². The molecule has 1 amide bonds. The van der Waals surface area contributed by atoms with Crippen molar-refractivity contribution in [3.8, 4) is 11.5 Å². The first-order chi connectivity index (χ1) is 17.3. The van der Waals surface area contributed by atoms with Crippen molar-refractivity contribution in [2.75, 3.05) is 19.1 Å². The molecule has 2 heterocycles. The van der Waals surface area contributed by atoms with Crippen LogP contribution >= 0.6 is 22.9 Å². The van der Waals surface area contributed by atoms with Crippen LogP contribution in [0.5, 0.6) is 11.5 Å². The van der Waals surface area contributed by atoms with E-state index in [0.717, 1.165) is 10.3 Å². The van der Waals surface area contributed by atoms with Crippen LogP contribution in [-0.4, -0.2) is 36.0 Å². The second-order valence-corrected chi connectivity index (χ2v) is 9.70. The summed E-state index contributed by atoms with van der Waals surface area (Å²) < 4.78 is 11.5. The molecular weight excluding hydrogens is 500 g/mol. The Labute approximate surface area is 216 Å². The molecule has 5 rings (SSSR count). The van der Waals surface area contributed by atoms with E-state index in [2.05, 4.69) is 4.98 Å². The van der Waals surface area contributed by atoms with E-state index in [4.69, 9.17) is 21.1 Å². The van der Waals surface area contributed by atoms with E-state index in [1.54, 1.807) is 31.4 Å². The van der Waals surface area contributed by atoms with Gasteiger partial charge in [0, 0.05) is 5.02 Å². The molecule has 1 aromatic heterocycles. The third-order valence-electron chi connectivity index (χ3n) is 6.01. The third-order valence-corrected chi connectivity index (χ3v) is 7.26. The Morgan fingerprint density at radius 1 is 1.06 bits per heavy atom. The number of ether oxygens (including phenoxy) is 2. The minimum absolute atomic E-state index is 0.0667. The molecule has 0 saturated carbocycles. The largest absolute Gasteiger partial charge is 0.507 e. The van der Waals surface area contributed by atoms with E-state index in [0.29, 0.717) is 32.7 Å². The maximum absolute atomic E-state index is 13.5. The summed E-state index contributed by atoms with van der Waals surface area (Å²) in [5.41, 5.74) is 2.41. The minimum Gasteiger partial charge on any atom is -0.507 e. The lowest BCUT2D eigenvalue weighted by atomic mass is 9.94. The van der Waals surface area contributed by atoms with E-state index >= 15 is 0 Å². The summed E-state index contributed by atoms with van der Waals surface area (Å²) in [6, 6.07) is 16.7. The molecule has 0 bridgehead atoms. The van der Waals surface area contributed by atoms with Crippen molar-refractivity contribution in [3.63, 3.8) is 0 Å². The average Bonchev–Trinajstić information content (AvgIpc) is 3.41. The second-order valence-electron chi connectivity index (χ2n) is 8.26. The Bertz CT molecular complexity index is 1560. The van der Waals surface area contributed by atoms with Gasteiger partial charge in [0.1, 0.15) is 17.3 Å². The van der Waals surface area contributed by atoms with E-state index in [9.17, 15) is 14.7 Å². The van der Waals surface area contributed by atoms with Crippen molar-refractivity contribution in [1.82, 2.24) is 4.98 Å². The number of anilines is 1. The van der Waals surface area contributed by atoms with Gasteiger partial charge in [-0.25, -0.2) is 4.98 Å². The predicted octanol–water partition coefficient (Wildman–Crippen LogP) is 5.90.